The lowest BCUT2D eigenvalue weighted by Crippen LogP contribution is -2.37. The molecule has 1 fully saturated rings. The van der Waals surface area contributed by atoms with Gasteiger partial charge in [0.05, 0.1) is 0 Å². The van der Waals surface area contributed by atoms with Gasteiger partial charge in [-0.05, 0) is 43.5 Å². The predicted molar refractivity (Wildman–Crippen MR) is 78.2 cm³/mol. The Labute approximate surface area is 120 Å². The molecule has 1 aliphatic rings. The predicted octanol–water partition coefficient (Wildman–Crippen LogP) is 2.57. The highest BCUT2D eigenvalue weighted by atomic mass is 16.5. The van der Waals surface area contributed by atoms with Crippen molar-refractivity contribution >= 4 is 5.97 Å². The fraction of sp³-hybridized carbons (Fsp3) is 0.562. The molecular weight excluding hydrogens is 254 g/mol. The highest BCUT2D eigenvalue weighted by Crippen LogP contribution is 2.20. The van der Waals surface area contributed by atoms with Gasteiger partial charge in [-0.3, -0.25) is 4.79 Å². The van der Waals surface area contributed by atoms with Crippen molar-refractivity contribution in [2.45, 2.75) is 38.7 Å². The average Bonchev–Trinajstić information content (AvgIpc) is 2.47. The number of hydrogen-bond acceptors (Lipinski definition) is 3. The van der Waals surface area contributed by atoms with Crippen molar-refractivity contribution in [1.29, 1.82) is 0 Å². The highest BCUT2D eigenvalue weighted by molar-refractivity contribution is 5.67. The Morgan fingerprint density at radius 3 is 2.50 bits per heavy atom. The first-order chi connectivity index (χ1) is 9.67. The molecule has 1 aromatic carbocycles. The first kappa shape index (κ1) is 14.9. The molecule has 1 aromatic rings. The lowest BCUT2D eigenvalue weighted by Gasteiger charge is -2.31. The lowest BCUT2D eigenvalue weighted by atomic mass is 10.1. The zero-order chi connectivity index (χ0) is 14.4. The third-order valence-corrected chi connectivity index (χ3v) is 3.84. The summed E-state index contributed by atoms with van der Waals surface area (Å²) in [5.41, 5.74) is 1.04. The molecule has 1 aliphatic heterocycles. The molecule has 4 heteroatoms. The van der Waals surface area contributed by atoms with Gasteiger partial charge in [-0.2, -0.15) is 0 Å². The van der Waals surface area contributed by atoms with Gasteiger partial charge >= 0.3 is 5.97 Å². The largest absolute Gasteiger partial charge is 0.490 e. The second kappa shape index (κ2) is 7.29. The normalized spacial score (nSPS) is 17.1. The average molecular weight is 277 g/mol. The van der Waals surface area contributed by atoms with Gasteiger partial charge in [0.2, 0.25) is 0 Å². The SMILES string of the molecule is CCN1CCC(Oc2ccc(CCC(=O)O)cc2)CC1. The van der Waals surface area contributed by atoms with Crippen LogP contribution < -0.4 is 4.74 Å². The number of hydrogen-bond donors (Lipinski definition) is 1. The van der Waals surface area contributed by atoms with Crippen LogP contribution in [0, 0.1) is 0 Å². The smallest absolute Gasteiger partial charge is 0.303 e. The summed E-state index contributed by atoms with van der Waals surface area (Å²) in [5, 5.41) is 8.66. The van der Waals surface area contributed by atoms with Gasteiger partial charge in [0.15, 0.2) is 0 Å². The highest BCUT2D eigenvalue weighted by Gasteiger charge is 2.19. The molecule has 0 bridgehead atoms. The maximum Gasteiger partial charge on any atom is 0.303 e. The van der Waals surface area contributed by atoms with Crippen LogP contribution in [0.4, 0.5) is 0 Å². The van der Waals surface area contributed by atoms with E-state index in [2.05, 4.69) is 11.8 Å². The molecule has 20 heavy (non-hydrogen) atoms. The third kappa shape index (κ3) is 4.53. The fourth-order valence-electron chi connectivity index (χ4n) is 2.52. The molecule has 1 N–H and O–H groups in total. The number of carboxylic acids is 1. The van der Waals surface area contributed by atoms with Crippen molar-refractivity contribution in [3.05, 3.63) is 29.8 Å². The lowest BCUT2D eigenvalue weighted by molar-refractivity contribution is -0.136. The number of carboxylic acid groups (broad SMARTS) is 1. The summed E-state index contributed by atoms with van der Waals surface area (Å²) in [5.74, 6) is 0.132. The van der Waals surface area contributed by atoms with Crippen molar-refractivity contribution in [1.82, 2.24) is 4.90 Å². The number of carbonyl (C=O) groups is 1. The summed E-state index contributed by atoms with van der Waals surface area (Å²) < 4.78 is 5.99. The molecule has 0 spiro atoms. The second-order valence-corrected chi connectivity index (χ2v) is 5.29. The van der Waals surface area contributed by atoms with Crippen LogP contribution in [-0.2, 0) is 11.2 Å². The van der Waals surface area contributed by atoms with Crippen LogP contribution in [0.25, 0.3) is 0 Å². The van der Waals surface area contributed by atoms with Crippen LogP contribution in [0.3, 0.4) is 0 Å². The van der Waals surface area contributed by atoms with E-state index in [4.69, 9.17) is 9.84 Å². The summed E-state index contributed by atoms with van der Waals surface area (Å²) in [6.45, 7) is 5.53. The minimum Gasteiger partial charge on any atom is -0.490 e. The maximum atomic E-state index is 10.5. The molecule has 4 nitrogen and oxygen atoms in total. The van der Waals surface area contributed by atoms with E-state index < -0.39 is 5.97 Å². The number of nitrogens with zero attached hydrogens (tertiary/aromatic N) is 1. The number of aliphatic carboxylic acids is 1. The van der Waals surface area contributed by atoms with Crippen molar-refractivity contribution < 1.29 is 14.6 Å². The van der Waals surface area contributed by atoms with Crippen LogP contribution in [0.1, 0.15) is 31.7 Å². The monoisotopic (exact) mass is 277 g/mol. The molecular formula is C16H23NO3. The van der Waals surface area contributed by atoms with Crippen LogP contribution in [0.5, 0.6) is 5.75 Å². The van der Waals surface area contributed by atoms with E-state index in [-0.39, 0.29) is 6.42 Å². The summed E-state index contributed by atoms with van der Waals surface area (Å²) in [6, 6.07) is 7.81. The Balaban J connectivity index is 1.80. The molecule has 0 amide bonds. The summed E-state index contributed by atoms with van der Waals surface area (Å²) >= 11 is 0. The zero-order valence-corrected chi connectivity index (χ0v) is 12.0. The number of likely N-dealkylation sites (tertiary alicyclic amines) is 1. The van der Waals surface area contributed by atoms with Gasteiger partial charge in [0.1, 0.15) is 11.9 Å². The minimum absolute atomic E-state index is 0.176. The number of benzene rings is 1. The molecule has 1 heterocycles. The fourth-order valence-corrected chi connectivity index (χ4v) is 2.52. The Bertz CT molecular complexity index is 422. The molecule has 0 unspecified atom stereocenters. The van der Waals surface area contributed by atoms with Crippen molar-refractivity contribution in [2.24, 2.45) is 0 Å². The van der Waals surface area contributed by atoms with E-state index in [1.54, 1.807) is 0 Å². The summed E-state index contributed by atoms with van der Waals surface area (Å²) in [6.07, 6.45) is 3.21. The first-order valence-electron chi connectivity index (χ1n) is 7.37. The first-order valence-corrected chi connectivity index (χ1v) is 7.37. The van der Waals surface area contributed by atoms with E-state index in [0.717, 1.165) is 43.8 Å². The van der Waals surface area contributed by atoms with Gasteiger partial charge in [-0.25, -0.2) is 0 Å². The van der Waals surface area contributed by atoms with Gasteiger partial charge in [-0.1, -0.05) is 19.1 Å². The molecule has 0 radical (unpaired) electrons. The zero-order valence-electron chi connectivity index (χ0n) is 12.0. The van der Waals surface area contributed by atoms with Gasteiger partial charge in [-0.15, -0.1) is 0 Å². The van der Waals surface area contributed by atoms with E-state index in [9.17, 15) is 4.79 Å². The van der Waals surface area contributed by atoms with E-state index >= 15 is 0 Å². The number of piperidine rings is 1. The third-order valence-electron chi connectivity index (χ3n) is 3.84. The molecule has 2 rings (SSSR count). The van der Waals surface area contributed by atoms with E-state index in [1.165, 1.54) is 0 Å². The Morgan fingerprint density at radius 1 is 1.30 bits per heavy atom. The van der Waals surface area contributed by atoms with Crippen molar-refractivity contribution in [3.8, 4) is 5.75 Å². The van der Waals surface area contributed by atoms with Crippen LogP contribution >= 0.6 is 0 Å². The maximum absolute atomic E-state index is 10.5. The number of aryl methyl sites for hydroxylation is 1. The second-order valence-electron chi connectivity index (χ2n) is 5.29. The summed E-state index contributed by atoms with van der Waals surface area (Å²) in [7, 11) is 0. The van der Waals surface area contributed by atoms with Crippen LogP contribution in [0.15, 0.2) is 24.3 Å². The Morgan fingerprint density at radius 2 is 1.95 bits per heavy atom. The van der Waals surface area contributed by atoms with E-state index in [1.807, 2.05) is 24.3 Å². The standard InChI is InChI=1S/C16H23NO3/c1-2-17-11-9-15(10-12-17)20-14-6-3-13(4-7-14)5-8-16(18)19/h3-4,6-7,15H,2,5,8-12H2,1H3,(H,18,19). The van der Waals surface area contributed by atoms with Crippen molar-refractivity contribution in [3.63, 3.8) is 0 Å². The van der Waals surface area contributed by atoms with Crippen molar-refractivity contribution in [2.75, 3.05) is 19.6 Å². The number of ether oxygens (including phenoxy) is 1. The molecule has 0 aliphatic carbocycles. The van der Waals surface area contributed by atoms with Gasteiger partial charge in [0, 0.05) is 19.5 Å². The van der Waals surface area contributed by atoms with E-state index in [0.29, 0.717) is 12.5 Å². The minimum atomic E-state index is -0.756. The Hall–Kier alpha value is -1.55. The molecule has 0 saturated carbocycles. The van der Waals surface area contributed by atoms with Crippen LogP contribution in [-0.4, -0.2) is 41.7 Å². The number of rotatable bonds is 6. The molecule has 1 saturated heterocycles. The molecule has 0 aromatic heterocycles. The Kier molecular flexibility index (Phi) is 5.41. The van der Waals surface area contributed by atoms with Crippen LogP contribution in [0.2, 0.25) is 0 Å². The van der Waals surface area contributed by atoms with Gasteiger partial charge < -0.3 is 14.7 Å². The quantitative estimate of drug-likeness (QED) is 0.868. The summed E-state index contributed by atoms with van der Waals surface area (Å²) in [4.78, 5) is 13.0. The molecule has 110 valence electrons. The topological polar surface area (TPSA) is 49.8 Å². The molecule has 0 atom stereocenters. The van der Waals surface area contributed by atoms with Gasteiger partial charge in [0.25, 0.3) is 0 Å².